The zero-order valence-corrected chi connectivity index (χ0v) is 8.82. The van der Waals surface area contributed by atoms with Crippen molar-refractivity contribution in [3.05, 3.63) is 35.4 Å². The highest BCUT2D eigenvalue weighted by molar-refractivity contribution is 5.97. The second kappa shape index (κ2) is 3.39. The van der Waals surface area contributed by atoms with Gasteiger partial charge in [-0.3, -0.25) is 0 Å². The maximum Gasteiger partial charge on any atom is 0.218 e. The number of nitrogens with zero attached hydrogens (tertiary/aromatic N) is 2. The van der Waals surface area contributed by atoms with Crippen LogP contribution in [0.4, 0.5) is 0 Å². The van der Waals surface area contributed by atoms with Crippen molar-refractivity contribution in [3.8, 4) is 6.07 Å². The predicted octanol–water partition coefficient (Wildman–Crippen LogP) is 2.11. The van der Waals surface area contributed by atoms with Gasteiger partial charge in [-0.15, -0.1) is 0 Å². The first-order chi connectivity index (χ1) is 7.12. The molecule has 0 spiro atoms. The topological polar surface area (TPSA) is 45.4 Å². The fraction of sp³-hybridized carbons (Fsp3) is 0.333. The SMILES string of the molecule is CC1(C)COC(c2ccccc2C#N)=N1. The molecular weight excluding hydrogens is 188 g/mol. The summed E-state index contributed by atoms with van der Waals surface area (Å²) >= 11 is 0. The van der Waals surface area contributed by atoms with Crippen LogP contribution >= 0.6 is 0 Å². The molecule has 3 nitrogen and oxygen atoms in total. The molecule has 0 N–H and O–H groups in total. The first-order valence-corrected chi connectivity index (χ1v) is 4.84. The van der Waals surface area contributed by atoms with Gasteiger partial charge in [0.25, 0.3) is 0 Å². The minimum Gasteiger partial charge on any atom is -0.475 e. The van der Waals surface area contributed by atoms with E-state index in [-0.39, 0.29) is 5.54 Å². The minimum atomic E-state index is -0.183. The first kappa shape index (κ1) is 9.72. The van der Waals surface area contributed by atoms with Crippen molar-refractivity contribution in [2.75, 3.05) is 6.61 Å². The minimum absolute atomic E-state index is 0.183. The number of aliphatic imine (C=N–C) groups is 1. The second-order valence-electron chi connectivity index (χ2n) is 4.18. The Bertz CT molecular complexity index is 455. The summed E-state index contributed by atoms with van der Waals surface area (Å²) < 4.78 is 5.50. The molecule has 1 heterocycles. The zero-order chi connectivity index (χ0) is 10.9. The Morgan fingerprint density at radius 3 is 2.73 bits per heavy atom. The van der Waals surface area contributed by atoms with E-state index >= 15 is 0 Å². The van der Waals surface area contributed by atoms with E-state index in [2.05, 4.69) is 11.1 Å². The Balaban J connectivity index is 2.44. The summed E-state index contributed by atoms with van der Waals surface area (Å²) in [5.74, 6) is 0.581. The lowest BCUT2D eigenvalue weighted by Crippen LogP contribution is -2.17. The Kier molecular flexibility index (Phi) is 2.20. The van der Waals surface area contributed by atoms with Crippen LogP contribution in [0.15, 0.2) is 29.3 Å². The van der Waals surface area contributed by atoms with Gasteiger partial charge in [-0.2, -0.15) is 5.26 Å². The van der Waals surface area contributed by atoms with Crippen molar-refractivity contribution >= 4 is 5.90 Å². The Labute approximate surface area is 89.0 Å². The van der Waals surface area contributed by atoms with Crippen LogP contribution in [0.3, 0.4) is 0 Å². The molecule has 0 atom stereocenters. The molecule has 0 fully saturated rings. The van der Waals surface area contributed by atoms with E-state index in [0.717, 1.165) is 5.56 Å². The van der Waals surface area contributed by atoms with E-state index in [1.807, 2.05) is 32.0 Å². The van der Waals surface area contributed by atoms with E-state index in [0.29, 0.717) is 18.1 Å². The van der Waals surface area contributed by atoms with Crippen LogP contribution in [-0.2, 0) is 4.74 Å². The maximum atomic E-state index is 8.95. The number of hydrogen-bond donors (Lipinski definition) is 0. The van der Waals surface area contributed by atoms with Crippen molar-refractivity contribution in [3.63, 3.8) is 0 Å². The largest absolute Gasteiger partial charge is 0.475 e. The van der Waals surface area contributed by atoms with Gasteiger partial charge in [-0.05, 0) is 26.0 Å². The molecule has 1 aliphatic heterocycles. The lowest BCUT2D eigenvalue weighted by atomic mass is 10.1. The molecule has 1 aliphatic rings. The molecule has 76 valence electrons. The van der Waals surface area contributed by atoms with Gasteiger partial charge in [0.1, 0.15) is 6.61 Å². The van der Waals surface area contributed by atoms with Crippen LogP contribution in [0.5, 0.6) is 0 Å². The van der Waals surface area contributed by atoms with Crippen LogP contribution in [-0.4, -0.2) is 18.0 Å². The fourth-order valence-electron chi connectivity index (χ4n) is 1.49. The Morgan fingerprint density at radius 1 is 1.40 bits per heavy atom. The van der Waals surface area contributed by atoms with E-state index in [4.69, 9.17) is 10.00 Å². The van der Waals surface area contributed by atoms with Crippen LogP contribution in [0.2, 0.25) is 0 Å². The van der Waals surface area contributed by atoms with Crippen LogP contribution in [0.1, 0.15) is 25.0 Å². The average Bonchev–Trinajstić information content (AvgIpc) is 2.59. The number of nitriles is 1. The number of benzene rings is 1. The summed E-state index contributed by atoms with van der Waals surface area (Å²) in [6, 6.07) is 9.49. The van der Waals surface area contributed by atoms with Crippen molar-refractivity contribution in [2.24, 2.45) is 4.99 Å². The molecule has 2 rings (SSSR count). The lowest BCUT2D eigenvalue weighted by Gasteiger charge is -2.07. The summed E-state index contributed by atoms with van der Waals surface area (Å²) in [6.07, 6.45) is 0. The molecule has 0 bridgehead atoms. The third-order valence-corrected chi connectivity index (χ3v) is 2.24. The summed E-state index contributed by atoms with van der Waals surface area (Å²) in [4.78, 5) is 4.44. The van der Waals surface area contributed by atoms with E-state index in [1.54, 1.807) is 6.07 Å². The molecule has 0 aromatic heterocycles. The first-order valence-electron chi connectivity index (χ1n) is 4.84. The zero-order valence-electron chi connectivity index (χ0n) is 8.82. The van der Waals surface area contributed by atoms with Crippen molar-refractivity contribution in [2.45, 2.75) is 19.4 Å². The maximum absolute atomic E-state index is 8.95. The molecule has 0 amide bonds. The van der Waals surface area contributed by atoms with Gasteiger partial charge in [0.05, 0.1) is 22.7 Å². The van der Waals surface area contributed by atoms with Gasteiger partial charge >= 0.3 is 0 Å². The molecule has 1 aromatic carbocycles. The average molecular weight is 200 g/mol. The number of ether oxygens (including phenoxy) is 1. The van der Waals surface area contributed by atoms with Crippen molar-refractivity contribution < 1.29 is 4.74 Å². The standard InChI is InChI=1S/C12H12N2O/c1-12(2)8-15-11(14-12)10-6-4-3-5-9(10)7-13/h3-6H,8H2,1-2H3. The van der Waals surface area contributed by atoms with Gasteiger partial charge in [0.2, 0.25) is 5.90 Å². The Hall–Kier alpha value is -1.82. The summed E-state index contributed by atoms with van der Waals surface area (Å²) in [7, 11) is 0. The van der Waals surface area contributed by atoms with Crippen molar-refractivity contribution in [1.29, 1.82) is 5.26 Å². The molecule has 1 aromatic rings. The molecule has 0 aliphatic carbocycles. The highest BCUT2D eigenvalue weighted by Crippen LogP contribution is 2.22. The molecular formula is C12H12N2O. The van der Waals surface area contributed by atoms with Gasteiger partial charge in [-0.25, -0.2) is 4.99 Å². The summed E-state index contributed by atoms with van der Waals surface area (Å²) in [6.45, 7) is 4.59. The van der Waals surface area contributed by atoms with Gasteiger partial charge in [0, 0.05) is 0 Å². The molecule has 0 radical (unpaired) electrons. The summed E-state index contributed by atoms with van der Waals surface area (Å²) in [5.41, 5.74) is 1.21. The van der Waals surface area contributed by atoms with Gasteiger partial charge in [0.15, 0.2) is 0 Å². The normalized spacial score (nSPS) is 17.8. The molecule has 0 saturated heterocycles. The van der Waals surface area contributed by atoms with E-state index in [9.17, 15) is 0 Å². The second-order valence-corrected chi connectivity index (χ2v) is 4.18. The third kappa shape index (κ3) is 1.84. The smallest absolute Gasteiger partial charge is 0.218 e. The van der Waals surface area contributed by atoms with E-state index < -0.39 is 0 Å². The summed E-state index contributed by atoms with van der Waals surface area (Å²) in [5, 5.41) is 8.95. The molecule has 15 heavy (non-hydrogen) atoms. The molecule has 3 heteroatoms. The fourth-order valence-corrected chi connectivity index (χ4v) is 1.49. The molecule has 0 saturated carbocycles. The van der Waals surface area contributed by atoms with Crippen LogP contribution < -0.4 is 0 Å². The van der Waals surface area contributed by atoms with Crippen LogP contribution in [0, 0.1) is 11.3 Å². The number of rotatable bonds is 1. The van der Waals surface area contributed by atoms with Gasteiger partial charge in [-0.1, -0.05) is 12.1 Å². The lowest BCUT2D eigenvalue weighted by molar-refractivity contribution is 0.279. The monoisotopic (exact) mass is 200 g/mol. The number of hydrogen-bond acceptors (Lipinski definition) is 3. The van der Waals surface area contributed by atoms with Gasteiger partial charge < -0.3 is 4.74 Å². The predicted molar refractivity (Wildman–Crippen MR) is 57.7 cm³/mol. The molecule has 0 unspecified atom stereocenters. The van der Waals surface area contributed by atoms with Crippen LogP contribution in [0.25, 0.3) is 0 Å². The van der Waals surface area contributed by atoms with Crippen molar-refractivity contribution in [1.82, 2.24) is 0 Å². The van der Waals surface area contributed by atoms with E-state index in [1.165, 1.54) is 0 Å². The quantitative estimate of drug-likeness (QED) is 0.697. The highest BCUT2D eigenvalue weighted by atomic mass is 16.5. The third-order valence-electron chi connectivity index (χ3n) is 2.24. The Morgan fingerprint density at radius 2 is 2.13 bits per heavy atom. The highest BCUT2D eigenvalue weighted by Gasteiger charge is 2.27.